The molecule has 1 aromatic rings. The second kappa shape index (κ2) is 6.64. The fourth-order valence-electron chi connectivity index (χ4n) is 2.08. The van der Waals surface area contributed by atoms with Gasteiger partial charge >= 0.3 is 6.18 Å². The number of hydrogen-bond acceptors (Lipinski definition) is 1. The van der Waals surface area contributed by atoms with Crippen LogP contribution >= 0.6 is 0 Å². The van der Waals surface area contributed by atoms with Gasteiger partial charge in [-0.1, -0.05) is 54.7 Å². The molecular formula is C17H17F3N2. The van der Waals surface area contributed by atoms with E-state index in [9.17, 15) is 13.2 Å². The van der Waals surface area contributed by atoms with Gasteiger partial charge in [0.2, 0.25) is 0 Å². The largest absolute Gasteiger partial charge is 0.435 e. The highest BCUT2D eigenvalue weighted by molar-refractivity contribution is 5.67. The minimum atomic E-state index is -4.49. The predicted octanol–water partition coefficient (Wildman–Crippen LogP) is 5.19. The van der Waals surface area contributed by atoms with Crippen LogP contribution in [0.4, 0.5) is 13.2 Å². The fourth-order valence-corrected chi connectivity index (χ4v) is 2.08. The van der Waals surface area contributed by atoms with Crippen molar-refractivity contribution in [2.75, 3.05) is 0 Å². The highest BCUT2D eigenvalue weighted by atomic mass is 19.4. The van der Waals surface area contributed by atoms with Crippen LogP contribution in [0.1, 0.15) is 36.8 Å². The zero-order chi connectivity index (χ0) is 16.2. The number of nitrogens with zero attached hydrogens (tertiary/aromatic N) is 2. The lowest BCUT2D eigenvalue weighted by Crippen LogP contribution is -2.10. The molecule has 5 heteroatoms. The van der Waals surface area contributed by atoms with Crippen LogP contribution in [0, 0.1) is 0 Å². The van der Waals surface area contributed by atoms with E-state index in [1.807, 2.05) is 12.2 Å². The van der Waals surface area contributed by atoms with Crippen molar-refractivity contribution >= 4 is 12.2 Å². The summed E-state index contributed by atoms with van der Waals surface area (Å²) in [6.07, 6.45) is 12.6. The van der Waals surface area contributed by atoms with Crippen molar-refractivity contribution in [3.8, 4) is 0 Å². The van der Waals surface area contributed by atoms with Crippen molar-refractivity contribution in [3.05, 3.63) is 65.6 Å². The number of halogens is 3. The number of fused-ring (bicyclic) bond motifs is 1. The Balaban J connectivity index is 2.67. The van der Waals surface area contributed by atoms with Gasteiger partial charge in [0.1, 0.15) is 0 Å². The molecule has 1 heterocycles. The highest BCUT2D eigenvalue weighted by Crippen LogP contribution is 2.35. The van der Waals surface area contributed by atoms with E-state index in [0.29, 0.717) is 5.69 Å². The molecule has 0 amide bonds. The van der Waals surface area contributed by atoms with Crippen LogP contribution in [0.15, 0.2) is 48.6 Å². The lowest BCUT2D eigenvalue weighted by molar-refractivity contribution is -0.141. The normalized spacial score (nSPS) is 22.3. The molecule has 0 aromatic carbocycles. The molecule has 0 N–H and O–H groups in total. The van der Waals surface area contributed by atoms with Crippen molar-refractivity contribution in [3.63, 3.8) is 0 Å². The second-order valence-electron chi connectivity index (χ2n) is 5.06. The van der Waals surface area contributed by atoms with Crippen molar-refractivity contribution < 1.29 is 13.2 Å². The van der Waals surface area contributed by atoms with Gasteiger partial charge < -0.3 is 0 Å². The summed E-state index contributed by atoms with van der Waals surface area (Å²) in [6.45, 7) is 3.61. The Morgan fingerprint density at radius 2 is 1.36 bits per heavy atom. The van der Waals surface area contributed by atoms with Crippen molar-refractivity contribution in [2.45, 2.75) is 26.1 Å². The van der Waals surface area contributed by atoms with E-state index in [2.05, 4.69) is 5.10 Å². The third-order valence-corrected chi connectivity index (χ3v) is 3.04. The summed E-state index contributed by atoms with van der Waals surface area (Å²) in [5.74, 6) is 0. The van der Waals surface area contributed by atoms with Crippen LogP contribution in [0.2, 0.25) is 0 Å². The van der Waals surface area contributed by atoms with E-state index in [1.165, 1.54) is 10.8 Å². The standard InChI is InChI=1S/C17H17F3N2/c1-13(2)22-15-12-10-8-6-4-3-5-7-9-11-14(15)16(21-22)17(18,19)20/h3-13H,1-2H3/b4-3-,5-3?,6-4?,7-5-,8-6-,9-7?,10-8?,11-9-,12-10-,14-11?,15-12?. The van der Waals surface area contributed by atoms with Gasteiger partial charge in [-0.25, -0.2) is 0 Å². The number of alkyl halides is 3. The molecule has 2 rings (SSSR count). The van der Waals surface area contributed by atoms with E-state index in [-0.39, 0.29) is 11.6 Å². The first kappa shape index (κ1) is 16.1. The smallest absolute Gasteiger partial charge is 0.262 e. The summed E-state index contributed by atoms with van der Waals surface area (Å²) >= 11 is 0. The summed E-state index contributed by atoms with van der Waals surface area (Å²) in [5.41, 5.74) is -0.330. The average molecular weight is 306 g/mol. The van der Waals surface area contributed by atoms with Gasteiger partial charge in [0.05, 0.1) is 5.69 Å². The van der Waals surface area contributed by atoms with Gasteiger partial charge in [0.15, 0.2) is 5.69 Å². The van der Waals surface area contributed by atoms with Gasteiger partial charge in [-0.2, -0.15) is 18.3 Å². The summed E-state index contributed by atoms with van der Waals surface area (Å²) < 4.78 is 41.1. The Morgan fingerprint density at radius 1 is 0.864 bits per heavy atom. The van der Waals surface area contributed by atoms with Crippen LogP contribution in [0.5, 0.6) is 0 Å². The second-order valence-corrected chi connectivity index (χ2v) is 5.06. The van der Waals surface area contributed by atoms with Crippen LogP contribution in [-0.2, 0) is 6.18 Å². The SMILES string of the molecule is CC(C)n1nc(C(F)(F)F)c2c1\C=C/C=C\C=C/C=C\C=C/2. The number of hydrogen-bond donors (Lipinski definition) is 0. The van der Waals surface area contributed by atoms with E-state index < -0.39 is 11.9 Å². The van der Waals surface area contributed by atoms with Crippen molar-refractivity contribution in [1.82, 2.24) is 9.78 Å². The third-order valence-electron chi connectivity index (χ3n) is 3.04. The maximum absolute atomic E-state index is 13.2. The molecule has 2 nitrogen and oxygen atoms in total. The van der Waals surface area contributed by atoms with Crippen molar-refractivity contribution in [1.29, 1.82) is 0 Å². The molecule has 0 saturated heterocycles. The zero-order valence-electron chi connectivity index (χ0n) is 12.4. The number of allylic oxidation sites excluding steroid dienone is 8. The minimum absolute atomic E-state index is 0.0834. The Labute approximate surface area is 127 Å². The van der Waals surface area contributed by atoms with Gasteiger partial charge in [0, 0.05) is 11.6 Å². The van der Waals surface area contributed by atoms with E-state index in [4.69, 9.17) is 0 Å². The Kier molecular flexibility index (Phi) is 4.85. The zero-order valence-corrected chi connectivity index (χ0v) is 12.4. The molecule has 1 aliphatic rings. The van der Waals surface area contributed by atoms with Gasteiger partial charge in [-0.05, 0) is 19.9 Å². The molecule has 1 aliphatic carbocycles. The highest BCUT2D eigenvalue weighted by Gasteiger charge is 2.38. The molecule has 0 unspecified atom stereocenters. The lowest BCUT2D eigenvalue weighted by Gasteiger charge is -2.08. The van der Waals surface area contributed by atoms with Crippen LogP contribution < -0.4 is 0 Å². The molecule has 116 valence electrons. The molecule has 0 radical (unpaired) electrons. The maximum atomic E-state index is 13.2. The van der Waals surface area contributed by atoms with E-state index >= 15 is 0 Å². The van der Waals surface area contributed by atoms with E-state index in [1.54, 1.807) is 56.4 Å². The molecule has 0 bridgehead atoms. The molecule has 0 spiro atoms. The first-order valence-corrected chi connectivity index (χ1v) is 6.95. The average Bonchev–Trinajstić information content (AvgIpc) is 2.77. The Bertz CT molecular complexity index is 669. The quantitative estimate of drug-likeness (QED) is 0.698. The molecule has 22 heavy (non-hydrogen) atoms. The predicted molar refractivity (Wildman–Crippen MR) is 83.1 cm³/mol. The molecular weight excluding hydrogens is 289 g/mol. The van der Waals surface area contributed by atoms with Crippen molar-refractivity contribution in [2.24, 2.45) is 0 Å². The van der Waals surface area contributed by atoms with Gasteiger partial charge in [-0.15, -0.1) is 0 Å². The van der Waals surface area contributed by atoms with Crippen LogP contribution in [0.3, 0.4) is 0 Å². The monoisotopic (exact) mass is 306 g/mol. The first-order valence-electron chi connectivity index (χ1n) is 6.95. The van der Waals surface area contributed by atoms with E-state index in [0.717, 1.165) is 0 Å². The summed E-state index contributed by atoms with van der Waals surface area (Å²) in [6, 6.07) is -0.171. The topological polar surface area (TPSA) is 17.8 Å². The molecule has 0 aliphatic heterocycles. The number of aromatic nitrogens is 2. The van der Waals surface area contributed by atoms with Crippen LogP contribution in [0.25, 0.3) is 12.2 Å². The van der Waals surface area contributed by atoms with Gasteiger partial charge in [0.25, 0.3) is 0 Å². The first-order chi connectivity index (χ1) is 10.4. The fraction of sp³-hybridized carbons (Fsp3) is 0.235. The van der Waals surface area contributed by atoms with Gasteiger partial charge in [-0.3, -0.25) is 4.68 Å². The minimum Gasteiger partial charge on any atom is -0.262 e. The lowest BCUT2D eigenvalue weighted by atomic mass is 10.1. The Morgan fingerprint density at radius 3 is 1.86 bits per heavy atom. The summed E-state index contributed by atoms with van der Waals surface area (Å²) in [4.78, 5) is 0. The molecule has 0 atom stereocenters. The third kappa shape index (κ3) is 3.67. The molecule has 1 aromatic heterocycles. The summed E-state index contributed by atoms with van der Waals surface area (Å²) in [5, 5.41) is 3.78. The Hall–Kier alpha value is -2.30. The number of rotatable bonds is 1. The van der Waals surface area contributed by atoms with Crippen LogP contribution in [-0.4, -0.2) is 9.78 Å². The molecule has 0 fully saturated rings. The maximum Gasteiger partial charge on any atom is 0.435 e. The summed E-state index contributed by atoms with van der Waals surface area (Å²) in [7, 11) is 0. The molecule has 0 saturated carbocycles.